The zero-order valence-electron chi connectivity index (χ0n) is 10.9. The third kappa shape index (κ3) is 3.29. The Hall–Kier alpha value is -1.42. The van der Waals surface area contributed by atoms with E-state index in [-0.39, 0.29) is 0 Å². The number of anilines is 2. The Labute approximate surface area is 108 Å². The number of para-hydroxylation sites is 1. The van der Waals surface area contributed by atoms with Gasteiger partial charge in [0.2, 0.25) is 0 Å². The minimum atomic E-state index is 0.350. The van der Waals surface area contributed by atoms with E-state index in [0.717, 1.165) is 43.9 Å². The van der Waals surface area contributed by atoms with Crippen LogP contribution in [0, 0.1) is 0 Å². The smallest absolute Gasteiger partial charge is 0.144 e. The lowest BCUT2D eigenvalue weighted by Gasteiger charge is -2.25. The van der Waals surface area contributed by atoms with Gasteiger partial charge in [0.1, 0.15) is 5.75 Å². The molecule has 2 rings (SSSR count). The summed E-state index contributed by atoms with van der Waals surface area (Å²) in [5, 5.41) is 3.44. The van der Waals surface area contributed by atoms with Crippen molar-refractivity contribution >= 4 is 11.4 Å². The van der Waals surface area contributed by atoms with Crippen LogP contribution >= 0.6 is 0 Å². The van der Waals surface area contributed by atoms with Gasteiger partial charge in [0.05, 0.1) is 24.6 Å². The predicted molar refractivity (Wildman–Crippen MR) is 74.1 cm³/mol. The van der Waals surface area contributed by atoms with Gasteiger partial charge in [0.15, 0.2) is 0 Å². The van der Waals surface area contributed by atoms with Crippen molar-refractivity contribution in [3.8, 4) is 5.75 Å². The number of benzene rings is 1. The molecule has 1 aromatic rings. The summed E-state index contributed by atoms with van der Waals surface area (Å²) in [7, 11) is 0. The first-order valence-electron chi connectivity index (χ1n) is 6.67. The van der Waals surface area contributed by atoms with Crippen molar-refractivity contribution in [2.45, 2.75) is 32.2 Å². The van der Waals surface area contributed by atoms with Crippen LogP contribution in [-0.2, 0) is 4.74 Å². The van der Waals surface area contributed by atoms with Gasteiger partial charge in [-0.3, -0.25) is 0 Å². The van der Waals surface area contributed by atoms with Gasteiger partial charge < -0.3 is 20.5 Å². The summed E-state index contributed by atoms with van der Waals surface area (Å²) in [6, 6.07) is 6.21. The normalized spacial score (nSPS) is 19.5. The van der Waals surface area contributed by atoms with Crippen LogP contribution in [0.1, 0.15) is 26.2 Å². The van der Waals surface area contributed by atoms with Gasteiger partial charge >= 0.3 is 0 Å². The Morgan fingerprint density at radius 2 is 2.39 bits per heavy atom. The molecule has 3 N–H and O–H groups in total. The third-order valence-corrected chi connectivity index (χ3v) is 3.05. The van der Waals surface area contributed by atoms with Gasteiger partial charge in [-0.15, -0.1) is 0 Å². The maximum atomic E-state index is 6.11. The lowest BCUT2D eigenvalue weighted by atomic mass is 10.1. The summed E-state index contributed by atoms with van der Waals surface area (Å²) in [6.45, 7) is 4.39. The highest BCUT2D eigenvalue weighted by Gasteiger charge is 2.15. The maximum absolute atomic E-state index is 6.11. The second-order valence-electron chi connectivity index (χ2n) is 4.62. The van der Waals surface area contributed by atoms with E-state index in [2.05, 4.69) is 12.2 Å². The minimum absolute atomic E-state index is 0.350. The van der Waals surface area contributed by atoms with Crippen LogP contribution in [0.3, 0.4) is 0 Å². The second-order valence-corrected chi connectivity index (χ2v) is 4.62. The molecule has 4 heteroatoms. The highest BCUT2D eigenvalue weighted by molar-refractivity contribution is 5.73. The first kappa shape index (κ1) is 13.0. The van der Waals surface area contributed by atoms with Gasteiger partial charge in [-0.05, 0) is 31.4 Å². The summed E-state index contributed by atoms with van der Waals surface area (Å²) in [6.07, 6.45) is 3.21. The standard InChI is InChI=1S/C14H22N2O2/c1-2-8-18-13-7-3-6-12(14(13)15)16-11-5-4-9-17-10-11/h3,6-7,11,16H,2,4-5,8-10,15H2,1H3. The Bertz CT molecular complexity index is 376. The van der Waals surface area contributed by atoms with Crippen molar-refractivity contribution in [2.75, 3.05) is 30.9 Å². The largest absolute Gasteiger partial charge is 0.491 e. The molecule has 0 spiro atoms. The van der Waals surface area contributed by atoms with Crippen molar-refractivity contribution in [3.63, 3.8) is 0 Å². The second kappa shape index (κ2) is 6.50. The van der Waals surface area contributed by atoms with Crippen LogP contribution < -0.4 is 15.8 Å². The Morgan fingerprint density at radius 3 is 3.11 bits per heavy atom. The van der Waals surface area contributed by atoms with E-state index in [1.54, 1.807) is 0 Å². The maximum Gasteiger partial charge on any atom is 0.144 e. The number of hydrogen-bond donors (Lipinski definition) is 2. The first-order chi connectivity index (χ1) is 8.81. The molecule has 4 nitrogen and oxygen atoms in total. The van der Waals surface area contributed by atoms with Crippen molar-refractivity contribution in [1.82, 2.24) is 0 Å². The SMILES string of the molecule is CCCOc1cccc(NC2CCCOC2)c1N. The van der Waals surface area contributed by atoms with Crippen LogP contribution in [0.25, 0.3) is 0 Å². The van der Waals surface area contributed by atoms with Gasteiger partial charge in [0.25, 0.3) is 0 Å². The van der Waals surface area contributed by atoms with Crippen LogP contribution in [0.15, 0.2) is 18.2 Å². The van der Waals surface area contributed by atoms with E-state index in [1.165, 1.54) is 0 Å². The molecule has 0 amide bonds. The summed E-state index contributed by atoms with van der Waals surface area (Å²) >= 11 is 0. The molecule has 1 aliphatic rings. The number of nitrogen functional groups attached to an aromatic ring is 1. The van der Waals surface area contributed by atoms with Crippen molar-refractivity contribution in [3.05, 3.63) is 18.2 Å². The zero-order valence-corrected chi connectivity index (χ0v) is 10.9. The van der Waals surface area contributed by atoms with Gasteiger partial charge in [-0.25, -0.2) is 0 Å². The number of nitrogens with one attached hydrogen (secondary N) is 1. The third-order valence-electron chi connectivity index (χ3n) is 3.05. The molecule has 0 saturated carbocycles. The highest BCUT2D eigenvalue weighted by Crippen LogP contribution is 2.30. The minimum Gasteiger partial charge on any atom is -0.491 e. The van der Waals surface area contributed by atoms with Gasteiger partial charge in [-0.1, -0.05) is 13.0 Å². The summed E-state index contributed by atoms with van der Waals surface area (Å²) < 4.78 is 11.1. The number of ether oxygens (including phenoxy) is 2. The molecule has 1 aliphatic heterocycles. The van der Waals surface area contributed by atoms with E-state index in [9.17, 15) is 0 Å². The molecular weight excluding hydrogens is 228 g/mol. The topological polar surface area (TPSA) is 56.5 Å². The Balaban J connectivity index is 2.02. The van der Waals surface area contributed by atoms with E-state index in [0.29, 0.717) is 18.3 Å². The molecule has 18 heavy (non-hydrogen) atoms. The predicted octanol–water partition coefficient (Wildman–Crippen LogP) is 2.65. The fourth-order valence-corrected chi connectivity index (χ4v) is 2.08. The van der Waals surface area contributed by atoms with Crippen molar-refractivity contribution < 1.29 is 9.47 Å². The lowest BCUT2D eigenvalue weighted by Crippen LogP contribution is -2.30. The summed E-state index contributed by atoms with van der Waals surface area (Å²) in [4.78, 5) is 0. The van der Waals surface area contributed by atoms with E-state index in [4.69, 9.17) is 15.2 Å². The number of hydrogen-bond acceptors (Lipinski definition) is 4. The quantitative estimate of drug-likeness (QED) is 0.789. The van der Waals surface area contributed by atoms with Crippen LogP contribution in [0.4, 0.5) is 11.4 Å². The average Bonchev–Trinajstić information content (AvgIpc) is 2.41. The fourth-order valence-electron chi connectivity index (χ4n) is 2.08. The molecule has 0 aromatic heterocycles. The van der Waals surface area contributed by atoms with Crippen LogP contribution in [-0.4, -0.2) is 25.9 Å². The van der Waals surface area contributed by atoms with E-state index < -0.39 is 0 Å². The molecule has 1 heterocycles. The average molecular weight is 250 g/mol. The van der Waals surface area contributed by atoms with E-state index in [1.807, 2.05) is 18.2 Å². The molecular formula is C14H22N2O2. The lowest BCUT2D eigenvalue weighted by molar-refractivity contribution is 0.0876. The van der Waals surface area contributed by atoms with Gasteiger partial charge in [0, 0.05) is 12.6 Å². The van der Waals surface area contributed by atoms with Gasteiger partial charge in [-0.2, -0.15) is 0 Å². The molecule has 0 radical (unpaired) electrons. The fraction of sp³-hybridized carbons (Fsp3) is 0.571. The van der Waals surface area contributed by atoms with Crippen LogP contribution in [0.2, 0.25) is 0 Å². The molecule has 0 bridgehead atoms. The monoisotopic (exact) mass is 250 g/mol. The highest BCUT2D eigenvalue weighted by atomic mass is 16.5. The van der Waals surface area contributed by atoms with Crippen molar-refractivity contribution in [1.29, 1.82) is 0 Å². The molecule has 1 fully saturated rings. The Morgan fingerprint density at radius 1 is 1.50 bits per heavy atom. The molecule has 1 aromatic carbocycles. The van der Waals surface area contributed by atoms with Crippen LogP contribution in [0.5, 0.6) is 5.75 Å². The molecule has 100 valence electrons. The molecule has 1 atom stereocenters. The molecule has 1 unspecified atom stereocenters. The molecule has 0 aliphatic carbocycles. The number of rotatable bonds is 5. The first-order valence-corrected chi connectivity index (χ1v) is 6.67. The summed E-state index contributed by atoms with van der Waals surface area (Å²) in [5.41, 5.74) is 7.75. The van der Waals surface area contributed by atoms with E-state index >= 15 is 0 Å². The number of nitrogens with two attached hydrogens (primary N) is 1. The van der Waals surface area contributed by atoms with Crippen molar-refractivity contribution in [2.24, 2.45) is 0 Å². The zero-order chi connectivity index (χ0) is 12.8. The molecule has 1 saturated heterocycles. The summed E-state index contributed by atoms with van der Waals surface area (Å²) in [5.74, 6) is 0.763. The Kier molecular flexibility index (Phi) is 4.70.